The summed E-state index contributed by atoms with van der Waals surface area (Å²) in [6, 6.07) is 12.4. The second-order valence-electron chi connectivity index (χ2n) is 6.66. The third-order valence-corrected chi connectivity index (χ3v) is 17.2. The van der Waals surface area contributed by atoms with Crippen molar-refractivity contribution in [2.75, 3.05) is 0 Å². The Morgan fingerprint density at radius 2 is 1.72 bits per heavy atom. The summed E-state index contributed by atoms with van der Waals surface area (Å²) in [6.45, 7) is 11.5. The molecule has 0 amide bonds. The van der Waals surface area contributed by atoms with Crippen molar-refractivity contribution < 1.29 is 0 Å². The Bertz CT molecular complexity index is 416. The molecule has 0 bridgehead atoms. The molecule has 1 nitrogen and oxygen atoms in total. The van der Waals surface area contributed by atoms with Crippen molar-refractivity contribution in [1.82, 2.24) is 4.23 Å². The fraction of sp³-hybridized carbons (Fsp3) is 0.571. The van der Waals surface area contributed by atoms with Crippen LogP contribution in [-0.4, -0.2) is 41.8 Å². The van der Waals surface area contributed by atoms with Gasteiger partial charge in [0.05, 0.1) is 0 Å². The average molecular weight is 382 g/mol. The zero-order chi connectivity index (χ0) is 13.4. The molecule has 0 N–H and O–H groups in total. The van der Waals surface area contributed by atoms with E-state index in [1.165, 1.54) is 18.6 Å². The minimum atomic E-state index is -1.11. The molecule has 1 aromatic carbocycles. The summed E-state index contributed by atoms with van der Waals surface area (Å²) < 4.78 is 4.62. The van der Waals surface area contributed by atoms with Crippen molar-refractivity contribution in [2.45, 2.75) is 49.8 Å². The Morgan fingerprint density at radius 1 is 1.11 bits per heavy atom. The minimum absolute atomic E-state index is 0.273. The topological polar surface area (TPSA) is 3.24 Å². The quantitative estimate of drug-likeness (QED) is 0.726. The fourth-order valence-corrected chi connectivity index (χ4v) is 18.7. The molecule has 4 heteroatoms. The summed E-state index contributed by atoms with van der Waals surface area (Å²) in [4.78, 5) is 2.41. The van der Waals surface area contributed by atoms with Crippen molar-refractivity contribution in [3.8, 4) is 0 Å². The molecule has 1 fully saturated rings. The summed E-state index contributed by atoms with van der Waals surface area (Å²) in [5.41, 5.74) is 1.57. The van der Waals surface area contributed by atoms with Crippen molar-refractivity contribution in [3.63, 3.8) is 0 Å². The predicted octanol–water partition coefficient (Wildman–Crippen LogP) is 3.29. The molecule has 1 aliphatic heterocycles. The monoisotopic (exact) mass is 383 g/mol. The Morgan fingerprint density at radius 3 is 2.28 bits per heavy atom. The van der Waals surface area contributed by atoms with Crippen molar-refractivity contribution in [3.05, 3.63) is 29.8 Å². The molecule has 0 atom stereocenters. The molecule has 1 saturated heterocycles. The van der Waals surface area contributed by atoms with Crippen molar-refractivity contribution >= 4 is 41.2 Å². The van der Waals surface area contributed by atoms with E-state index in [1.54, 1.807) is 9.14 Å². The van der Waals surface area contributed by atoms with Gasteiger partial charge in [-0.2, -0.15) is 0 Å². The summed E-state index contributed by atoms with van der Waals surface area (Å²) in [5.74, 6) is 0. The van der Waals surface area contributed by atoms with Crippen LogP contribution in [0.4, 0.5) is 0 Å². The molecule has 0 aliphatic carbocycles. The van der Waals surface area contributed by atoms with E-state index in [-0.39, 0.29) is 21.1 Å². The maximum atomic E-state index is 2.97. The van der Waals surface area contributed by atoms with Crippen LogP contribution in [0.15, 0.2) is 24.3 Å². The van der Waals surface area contributed by atoms with Gasteiger partial charge < -0.3 is 0 Å². The first-order valence-electron chi connectivity index (χ1n) is 6.90. The average Bonchev–Trinajstić information content (AvgIpc) is 2.53. The van der Waals surface area contributed by atoms with Gasteiger partial charge in [0, 0.05) is 0 Å². The molecule has 2 radical (unpaired) electrons. The molecular formula is C14H25NSi2Sn. The van der Waals surface area contributed by atoms with Crippen LogP contribution in [0, 0.1) is 0 Å². The zero-order valence-electron chi connectivity index (χ0n) is 12.4. The molecule has 0 saturated carbocycles. The number of rotatable bonds is 3. The van der Waals surface area contributed by atoms with Gasteiger partial charge in [0.2, 0.25) is 0 Å². The maximum absolute atomic E-state index is 2.97. The van der Waals surface area contributed by atoms with Gasteiger partial charge >= 0.3 is 125 Å². The fourth-order valence-electron chi connectivity index (χ4n) is 3.14. The van der Waals surface area contributed by atoms with Crippen LogP contribution < -0.4 is 3.58 Å². The number of nitrogens with zero attached hydrogens (tertiary/aromatic N) is 1. The van der Waals surface area contributed by atoms with Crippen LogP contribution in [0.2, 0.25) is 43.2 Å². The second-order valence-corrected chi connectivity index (χ2v) is 19.5. The number of hydrogen-bond donors (Lipinski definition) is 0. The van der Waals surface area contributed by atoms with E-state index in [0.29, 0.717) is 0 Å². The van der Waals surface area contributed by atoms with Gasteiger partial charge in [-0.05, 0) is 0 Å². The summed E-state index contributed by atoms with van der Waals surface area (Å²) in [5, 5.41) is 0. The Labute approximate surface area is 124 Å². The van der Waals surface area contributed by atoms with Gasteiger partial charge in [0.15, 0.2) is 0 Å². The van der Waals surface area contributed by atoms with E-state index in [1.807, 2.05) is 0 Å². The summed E-state index contributed by atoms with van der Waals surface area (Å²) in [7, 11) is -2.21. The van der Waals surface area contributed by atoms with Crippen LogP contribution in [0.25, 0.3) is 0 Å². The van der Waals surface area contributed by atoms with Gasteiger partial charge in [0.1, 0.15) is 0 Å². The van der Waals surface area contributed by atoms with E-state index in [0.717, 1.165) is 0 Å². The second kappa shape index (κ2) is 5.42. The van der Waals surface area contributed by atoms with Crippen LogP contribution >= 0.6 is 0 Å². The summed E-state index contributed by atoms with van der Waals surface area (Å²) >= 11 is -0.273. The van der Waals surface area contributed by atoms with Crippen LogP contribution in [0.1, 0.15) is 5.56 Å². The van der Waals surface area contributed by atoms with Crippen LogP contribution in [0.3, 0.4) is 0 Å². The third kappa shape index (κ3) is 3.11. The third-order valence-electron chi connectivity index (χ3n) is 4.37. The molecule has 1 aliphatic rings. The number of benzene rings is 1. The van der Waals surface area contributed by atoms with Crippen LogP contribution in [-0.2, 0) is 6.54 Å². The first kappa shape index (κ1) is 14.8. The Balaban J connectivity index is 2.21. The first-order chi connectivity index (χ1) is 8.35. The first-order valence-corrected chi connectivity index (χ1v) is 17.5. The van der Waals surface area contributed by atoms with E-state index in [4.69, 9.17) is 0 Å². The van der Waals surface area contributed by atoms with Crippen molar-refractivity contribution in [2.24, 2.45) is 0 Å². The van der Waals surface area contributed by atoms with Gasteiger partial charge in [-0.25, -0.2) is 0 Å². The molecule has 98 valence electrons. The molecule has 1 aromatic rings. The zero-order valence-corrected chi connectivity index (χ0v) is 17.2. The van der Waals surface area contributed by atoms with Gasteiger partial charge in [0.25, 0.3) is 0 Å². The van der Waals surface area contributed by atoms with Gasteiger partial charge in [-0.15, -0.1) is 0 Å². The molecule has 2 rings (SSSR count). The molecule has 0 spiro atoms. The van der Waals surface area contributed by atoms with E-state index >= 15 is 0 Å². The number of hydrogen-bond acceptors (Lipinski definition) is 1. The molecule has 1 heterocycles. The SMILES string of the molecule is [CH3][Sn][c]1cccc(CN2[Si](C)(C)CC[Si]2(C)C)c1. The standard InChI is InChI=1S/C13H22NSi2.CH3.Sn/c1-15(2)10-11-16(3,4)14(15)12-13-8-6-5-7-9-13;;/h5-6,8-9H,10-12H2,1-4H3;1H3;. The van der Waals surface area contributed by atoms with Gasteiger partial charge in [-0.1, -0.05) is 0 Å². The molecular weight excluding hydrogens is 357 g/mol. The van der Waals surface area contributed by atoms with E-state index in [2.05, 4.69) is 59.6 Å². The summed E-state index contributed by atoms with van der Waals surface area (Å²) in [6.07, 6.45) is 0. The van der Waals surface area contributed by atoms with E-state index < -0.39 is 16.5 Å². The Kier molecular flexibility index (Phi) is 4.46. The molecule has 0 aromatic heterocycles. The molecule has 0 unspecified atom stereocenters. The van der Waals surface area contributed by atoms with Crippen molar-refractivity contribution in [1.29, 1.82) is 0 Å². The Hall–Kier alpha value is 0.412. The van der Waals surface area contributed by atoms with E-state index in [9.17, 15) is 0 Å². The normalized spacial score (nSPS) is 22.3. The molecule has 18 heavy (non-hydrogen) atoms. The predicted molar refractivity (Wildman–Crippen MR) is 87.8 cm³/mol. The van der Waals surface area contributed by atoms with Crippen LogP contribution in [0.5, 0.6) is 0 Å². The van der Waals surface area contributed by atoms with Gasteiger partial charge in [-0.3, -0.25) is 0 Å².